The van der Waals surface area contributed by atoms with Gasteiger partial charge in [-0.25, -0.2) is 9.67 Å². The average Bonchev–Trinajstić information content (AvgIpc) is 3.30. The topological polar surface area (TPSA) is 124 Å². The number of anilines is 1. The maximum absolute atomic E-state index is 12.1. The van der Waals surface area contributed by atoms with Crippen LogP contribution in [-0.4, -0.2) is 45.3 Å². The second-order valence-electron chi connectivity index (χ2n) is 6.08. The molecule has 1 fully saturated rings. The highest BCUT2D eigenvalue weighted by Gasteiger charge is 2.30. The molecule has 2 atom stereocenters. The van der Waals surface area contributed by atoms with Crippen molar-refractivity contribution in [1.29, 1.82) is 0 Å². The molecule has 0 saturated carbocycles. The lowest BCUT2D eigenvalue weighted by molar-refractivity contribution is -0.126. The van der Waals surface area contributed by atoms with Crippen molar-refractivity contribution in [1.82, 2.24) is 20.1 Å². The van der Waals surface area contributed by atoms with Crippen molar-refractivity contribution in [2.75, 3.05) is 11.9 Å². The fraction of sp³-hybridized carbons (Fsp3) is 0.412. The van der Waals surface area contributed by atoms with Crippen LogP contribution in [0.3, 0.4) is 0 Å². The number of nitrogens with two attached hydrogens (primary N) is 1. The van der Waals surface area contributed by atoms with Gasteiger partial charge in [0.15, 0.2) is 0 Å². The van der Waals surface area contributed by atoms with E-state index in [4.69, 9.17) is 10.5 Å². The summed E-state index contributed by atoms with van der Waals surface area (Å²) in [6.07, 6.45) is 2.17. The summed E-state index contributed by atoms with van der Waals surface area (Å²) < 4.78 is 6.90. The smallest absolute Gasteiger partial charge is 0.255 e. The number of rotatable bonds is 7. The molecule has 1 aliphatic heterocycles. The molecule has 0 bridgehead atoms. The Balaban J connectivity index is 0.00000261. The second-order valence-corrected chi connectivity index (χ2v) is 6.08. The standard InChI is InChI=1S/C17H22N6O3.ClH/c18-8-13-6-7-14(26-13)16(25)21-17-20-11-23(22-17)10-15(24)19-9-12-4-2-1-3-5-12;/h1-5,11,13-14H,6-10,18H2,(H,19,24)(H,21,22,25);1H/t13-,14+;/m1./s1. The third-order valence-electron chi connectivity index (χ3n) is 4.07. The van der Waals surface area contributed by atoms with Gasteiger partial charge in [-0.1, -0.05) is 30.3 Å². The number of nitrogens with zero attached hydrogens (tertiary/aromatic N) is 3. The summed E-state index contributed by atoms with van der Waals surface area (Å²) in [5.74, 6) is -0.348. The summed E-state index contributed by atoms with van der Waals surface area (Å²) in [4.78, 5) is 28.1. The zero-order valence-corrected chi connectivity index (χ0v) is 15.5. The zero-order valence-electron chi connectivity index (χ0n) is 14.7. The van der Waals surface area contributed by atoms with Gasteiger partial charge in [0.25, 0.3) is 5.91 Å². The van der Waals surface area contributed by atoms with Crippen molar-refractivity contribution >= 4 is 30.2 Å². The van der Waals surface area contributed by atoms with Gasteiger partial charge in [-0.3, -0.25) is 14.9 Å². The van der Waals surface area contributed by atoms with Crippen molar-refractivity contribution < 1.29 is 14.3 Å². The van der Waals surface area contributed by atoms with E-state index < -0.39 is 6.10 Å². The van der Waals surface area contributed by atoms with E-state index >= 15 is 0 Å². The van der Waals surface area contributed by atoms with Gasteiger partial charge in [-0.05, 0) is 18.4 Å². The van der Waals surface area contributed by atoms with Crippen LogP contribution >= 0.6 is 12.4 Å². The molecule has 9 nitrogen and oxygen atoms in total. The van der Waals surface area contributed by atoms with Crippen molar-refractivity contribution in [3.63, 3.8) is 0 Å². The summed E-state index contributed by atoms with van der Waals surface area (Å²) in [5, 5.41) is 9.50. The molecule has 1 aromatic carbocycles. The normalized spacial score (nSPS) is 18.6. The van der Waals surface area contributed by atoms with E-state index in [0.717, 1.165) is 12.0 Å². The fourth-order valence-electron chi connectivity index (χ4n) is 2.69. The first-order chi connectivity index (χ1) is 12.6. The van der Waals surface area contributed by atoms with Crippen molar-refractivity contribution in [3.05, 3.63) is 42.2 Å². The molecular formula is C17H23ClN6O3. The number of aromatic nitrogens is 3. The highest BCUT2D eigenvalue weighted by molar-refractivity contribution is 5.92. The largest absolute Gasteiger partial charge is 0.364 e. The molecule has 4 N–H and O–H groups in total. The van der Waals surface area contributed by atoms with Gasteiger partial charge in [-0.2, -0.15) is 0 Å². The van der Waals surface area contributed by atoms with Crippen LogP contribution in [0.25, 0.3) is 0 Å². The average molecular weight is 395 g/mol. The number of benzene rings is 1. The van der Waals surface area contributed by atoms with Crippen LogP contribution in [-0.2, 0) is 27.4 Å². The van der Waals surface area contributed by atoms with E-state index in [0.29, 0.717) is 19.5 Å². The molecule has 1 saturated heterocycles. The molecule has 1 aliphatic rings. The van der Waals surface area contributed by atoms with Crippen molar-refractivity contribution in [3.8, 4) is 0 Å². The first-order valence-corrected chi connectivity index (χ1v) is 8.50. The molecule has 146 valence electrons. The van der Waals surface area contributed by atoms with Crippen molar-refractivity contribution in [2.24, 2.45) is 5.73 Å². The van der Waals surface area contributed by atoms with Gasteiger partial charge in [0, 0.05) is 13.1 Å². The molecule has 1 aromatic heterocycles. The Labute approximate surface area is 163 Å². The molecule has 0 aliphatic carbocycles. The molecule has 0 spiro atoms. The Morgan fingerprint density at radius 2 is 2.04 bits per heavy atom. The molecule has 2 amide bonds. The van der Waals surface area contributed by atoms with Gasteiger partial charge in [0.2, 0.25) is 11.9 Å². The summed E-state index contributed by atoms with van der Waals surface area (Å²) >= 11 is 0. The third kappa shape index (κ3) is 6.02. The van der Waals surface area contributed by atoms with Crippen LogP contribution < -0.4 is 16.4 Å². The number of halogens is 1. The minimum Gasteiger partial charge on any atom is -0.364 e. The summed E-state index contributed by atoms with van der Waals surface area (Å²) in [5.41, 5.74) is 6.55. The third-order valence-corrected chi connectivity index (χ3v) is 4.07. The second kappa shape index (κ2) is 10.0. The maximum Gasteiger partial charge on any atom is 0.255 e. The van der Waals surface area contributed by atoms with Gasteiger partial charge >= 0.3 is 0 Å². The van der Waals surface area contributed by atoms with E-state index in [1.165, 1.54) is 11.0 Å². The monoisotopic (exact) mass is 394 g/mol. The summed E-state index contributed by atoms with van der Waals surface area (Å²) in [6.45, 7) is 0.860. The first kappa shape index (κ1) is 20.8. The quantitative estimate of drug-likeness (QED) is 0.626. The summed E-state index contributed by atoms with van der Waals surface area (Å²) in [7, 11) is 0. The van der Waals surface area contributed by atoms with E-state index in [1.807, 2.05) is 30.3 Å². The minimum absolute atomic E-state index is 0. The Morgan fingerprint density at radius 1 is 1.26 bits per heavy atom. The maximum atomic E-state index is 12.1. The fourth-order valence-corrected chi connectivity index (χ4v) is 2.69. The molecule has 2 aromatic rings. The number of ether oxygens (including phenoxy) is 1. The predicted octanol–water partition coefficient (Wildman–Crippen LogP) is 0.461. The van der Waals surface area contributed by atoms with Crippen LogP contribution in [0.1, 0.15) is 18.4 Å². The Bertz CT molecular complexity index is 754. The van der Waals surface area contributed by atoms with E-state index in [1.54, 1.807) is 0 Å². The van der Waals surface area contributed by atoms with Gasteiger partial charge in [0.05, 0.1) is 6.10 Å². The molecule has 3 rings (SSSR count). The number of carbonyl (C=O) groups excluding carboxylic acids is 2. The van der Waals surface area contributed by atoms with Gasteiger partial charge in [0.1, 0.15) is 19.0 Å². The van der Waals surface area contributed by atoms with E-state index in [9.17, 15) is 9.59 Å². The summed E-state index contributed by atoms with van der Waals surface area (Å²) in [6, 6.07) is 9.62. The Hall–Kier alpha value is -2.49. The lowest BCUT2D eigenvalue weighted by atomic mass is 10.2. The Morgan fingerprint density at radius 3 is 2.74 bits per heavy atom. The van der Waals surface area contributed by atoms with Crippen LogP contribution in [0.15, 0.2) is 36.7 Å². The Kier molecular flexibility index (Phi) is 7.71. The van der Waals surface area contributed by atoms with Crippen LogP contribution in [0.2, 0.25) is 0 Å². The first-order valence-electron chi connectivity index (χ1n) is 8.50. The minimum atomic E-state index is -0.537. The van der Waals surface area contributed by atoms with Crippen LogP contribution in [0.4, 0.5) is 5.95 Å². The molecule has 0 radical (unpaired) electrons. The molecule has 0 unspecified atom stereocenters. The van der Waals surface area contributed by atoms with Crippen molar-refractivity contribution in [2.45, 2.75) is 38.1 Å². The molecule has 10 heteroatoms. The molecule has 2 heterocycles. The highest BCUT2D eigenvalue weighted by atomic mass is 35.5. The highest BCUT2D eigenvalue weighted by Crippen LogP contribution is 2.19. The predicted molar refractivity (Wildman–Crippen MR) is 101 cm³/mol. The van der Waals surface area contributed by atoms with Crippen LogP contribution in [0, 0.1) is 0 Å². The van der Waals surface area contributed by atoms with Crippen LogP contribution in [0.5, 0.6) is 0 Å². The molecular weight excluding hydrogens is 372 g/mol. The number of carbonyl (C=O) groups is 2. The van der Waals surface area contributed by atoms with E-state index in [2.05, 4.69) is 20.7 Å². The number of nitrogens with one attached hydrogen (secondary N) is 2. The van der Waals surface area contributed by atoms with Gasteiger partial charge < -0.3 is 15.8 Å². The lowest BCUT2D eigenvalue weighted by Gasteiger charge is -2.10. The number of amides is 2. The van der Waals surface area contributed by atoms with Gasteiger partial charge in [-0.15, -0.1) is 17.5 Å². The zero-order chi connectivity index (χ0) is 18.4. The SMILES string of the molecule is Cl.NC[C@H]1CC[C@@H](C(=O)Nc2ncn(CC(=O)NCc3ccccc3)n2)O1. The molecule has 27 heavy (non-hydrogen) atoms. The lowest BCUT2D eigenvalue weighted by Crippen LogP contribution is -2.30. The van der Waals surface area contributed by atoms with E-state index in [-0.39, 0.29) is 42.8 Å². The number of hydrogen-bond acceptors (Lipinski definition) is 6. The number of hydrogen-bond donors (Lipinski definition) is 3.